The molecule has 5 heteroatoms. The molecule has 4 nitrogen and oxygen atoms in total. The monoisotopic (exact) mass is 330 g/mol. The molecule has 122 valence electrons. The number of sulfonamides is 1. The third-order valence-corrected chi connectivity index (χ3v) is 7.28. The molecule has 2 aromatic rings. The fourth-order valence-corrected chi connectivity index (χ4v) is 5.62. The van der Waals surface area contributed by atoms with E-state index in [-0.39, 0.29) is 6.04 Å². The average Bonchev–Trinajstić information content (AvgIpc) is 3.14. The molecule has 0 fully saturated rings. The van der Waals surface area contributed by atoms with E-state index in [0.29, 0.717) is 11.4 Å². The summed E-state index contributed by atoms with van der Waals surface area (Å²) in [6, 6.07) is 9.66. The van der Waals surface area contributed by atoms with Crippen LogP contribution in [-0.4, -0.2) is 23.8 Å². The molecule has 2 aliphatic rings. The predicted octanol–water partition coefficient (Wildman–Crippen LogP) is 3.05. The Kier molecular flexibility index (Phi) is 3.39. The summed E-state index contributed by atoms with van der Waals surface area (Å²) in [5.41, 5.74) is 4.79. The molecule has 0 saturated carbocycles. The second kappa shape index (κ2) is 5.21. The van der Waals surface area contributed by atoms with Crippen LogP contribution in [0.25, 0.3) is 0 Å². The van der Waals surface area contributed by atoms with Gasteiger partial charge in [-0.1, -0.05) is 6.07 Å². The summed E-state index contributed by atoms with van der Waals surface area (Å²) in [5.74, 6) is 0. The van der Waals surface area contributed by atoms with Crippen molar-refractivity contribution in [3.63, 3.8) is 0 Å². The molecule has 1 atom stereocenters. The van der Waals surface area contributed by atoms with Crippen LogP contribution in [-0.2, 0) is 29.4 Å². The molecule has 0 amide bonds. The molecular formula is C18H22N2O2S. The summed E-state index contributed by atoms with van der Waals surface area (Å²) in [6.45, 7) is 5.31. The minimum absolute atomic E-state index is 0.129. The maximum Gasteiger partial charge on any atom is 0.243 e. The van der Waals surface area contributed by atoms with E-state index in [0.717, 1.165) is 31.5 Å². The molecule has 2 heterocycles. The fourth-order valence-electron chi connectivity index (χ4n) is 3.97. The third kappa shape index (κ3) is 2.25. The zero-order valence-electron chi connectivity index (χ0n) is 13.6. The number of benzene rings is 1. The van der Waals surface area contributed by atoms with Crippen molar-refractivity contribution in [1.82, 2.24) is 8.87 Å². The molecule has 1 aromatic carbocycles. The second-order valence-corrected chi connectivity index (χ2v) is 8.52. The highest BCUT2D eigenvalue weighted by Crippen LogP contribution is 2.33. The summed E-state index contributed by atoms with van der Waals surface area (Å²) in [4.78, 5) is 0.446. The van der Waals surface area contributed by atoms with Crippen LogP contribution in [0.2, 0.25) is 0 Å². The Morgan fingerprint density at radius 2 is 1.83 bits per heavy atom. The quantitative estimate of drug-likeness (QED) is 0.849. The van der Waals surface area contributed by atoms with Crippen LogP contribution in [0.3, 0.4) is 0 Å². The third-order valence-electron chi connectivity index (χ3n) is 5.31. The van der Waals surface area contributed by atoms with Gasteiger partial charge in [-0.2, -0.15) is 4.31 Å². The van der Waals surface area contributed by atoms with Crippen molar-refractivity contribution in [2.24, 2.45) is 0 Å². The van der Waals surface area contributed by atoms with Gasteiger partial charge in [-0.25, -0.2) is 8.42 Å². The molecule has 4 rings (SSSR count). The van der Waals surface area contributed by atoms with Gasteiger partial charge in [0.05, 0.1) is 10.9 Å². The minimum Gasteiger partial charge on any atom is -0.346 e. The average molecular weight is 330 g/mol. The van der Waals surface area contributed by atoms with Gasteiger partial charge in [-0.3, -0.25) is 0 Å². The van der Waals surface area contributed by atoms with Crippen LogP contribution in [0.4, 0.5) is 0 Å². The van der Waals surface area contributed by atoms with Crippen LogP contribution < -0.4 is 0 Å². The Labute approximate surface area is 137 Å². The van der Waals surface area contributed by atoms with Crippen molar-refractivity contribution in [3.8, 4) is 0 Å². The van der Waals surface area contributed by atoms with E-state index in [2.05, 4.69) is 17.6 Å². The summed E-state index contributed by atoms with van der Waals surface area (Å²) in [7, 11) is -3.45. The van der Waals surface area contributed by atoms with Crippen LogP contribution in [0.15, 0.2) is 35.2 Å². The van der Waals surface area contributed by atoms with Crippen molar-refractivity contribution >= 4 is 10.0 Å². The minimum atomic E-state index is -3.45. The molecule has 1 aliphatic heterocycles. The van der Waals surface area contributed by atoms with Gasteiger partial charge in [0.25, 0.3) is 0 Å². The zero-order chi connectivity index (χ0) is 16.2. The maximum absolute atomic E-state index is 13.1. The lowest BCUT2D eigenvalue weighted by molar-refractivity contribution is 0.280. The number of hydrogen-bond donors (Lipinski definition) is 0. The van der Waals surface area contributed by atoms with Crippen molar-refractivity contribution in [1.29, 1.82) is 0 Å². The Morgan fingerprint density at radius 1 is 1.04 bits per heavy atom. The van der Waals surface area contributed by atoms with Crippen molar-refractivity contribution < 1.29 is 8.42 Å². The lowest BCUT2D eigenvalue weighted by Gasteiger charge is -2.34. The molecular weight excluding hydrogens is 308 g/mol. The smallest absolute Gasteiger partial charge is 0.243 e. The van der Waals surface area contributed by atoms with Gasteiger partial charge >= 0.3 is 0 Å². The summed E-state index contributed by atoms with van der Waals surface area (Å²) in [5, 5.41) is 0. The van der Waals surface area contributed by atoms with Crippen molar-refractivity contribution in [2.75, 3.05) is 6.54 Å². The number of rotatable bonds is 2. The lowest BCUT2D eigenvalue weighted by Crippen LogP contribution is -2.41. The van der Waals surface area contributed by atoms with Gasteiger partial charge < -0.3 is 4.57 Å². The number of aryl methyl sites for hydroxylation is 3. The predicted molar refractivity (Wildman–Crippen MR) is 89.9 cm³/mol. The van der Waals surface area contributed by atoms with Crippen LogP contribution in [0.5, 0.6) is 0 Å². The zero-order valence-corrected chi connectivity index (χ0v) is 14.4. The molecule has 0 spiro atoms. The van der Waals surface area contributed by atoms with E-state index in [1.807, 2.05) is 25.1 Å². The SMILES string of the molecule is Cc1ccc2n1CCN(S(=O)(=O)c1ccc3c(c1)CCC3)[C@H]2C. The molecule has 1 aromatic heterocycles. The van der Waals surface area contributed by atoms with Crippen molar-refractivity contribution in [2.45, 2.75) is 50.6 Å². The fraction of sp³-hybridized carbons (Fsp3) is 0.444. The first kappa shape index (κ1) is 15.0. The Hall–Kier alpha value is -1.59. The lowest BCUT2D eigenvalue weighted by atomic mass is 10.1. The van der Waals surface area contributed by atoms with Crippen LogP contribution >= 0.6 is 0 Å². The van der Waals surface area contributed by atoms with Crippen LogP contribution in [0.1, 0.15) is 41.9 Å². The number of fused-ring (bicyclic) bond motifs is 2. The highest BCUT2D eigenvalue weighted by molar-refractivity contribution is 7.89. The summed E-state index contributed by atoms with van der Waals surface area (Å²) < 4.78 is 30.1. The van der Waals surface area contributed by atoms with Gasteiger partial charge in [0, 0.05) is 24.5 Å². The first-order valence-electron chi connectivity index (χ1n) is 8.28. The highest BCUT2D eigenvalue weighted by Gasteiger charge is 2.34. The van der Waals surface area contributed by atoms with E-state index < -0.39 is 10.0 Å². The molecule has 0 bridgehead atoms. The maximum atomic E-state index is 13.1. The van der Waals surface area contributed by atoms with Crippen molar-refractivity contribution in [3.05, 3.63) is 52.8 Å². The topological polar surface area (TPSA) is 42.3 Å². The van der Waals surface area contributed by atoms with Gasteiger partial charge in [-0.05, 0) is 68.5 Å². The van der Waals surface area contributed by atoms with E-state index in [4.69, 9.17) is 0 Å². The van der Waals surface area contributed by atoms with E-state index >= 15 is 0 Å². The van der Waals surface area contributed by atoms with Gasteiger partial charge in [0.2, 0.25) is 10.0 Å². The van der Waals surface area contributed by atoms with Gasteiger partial charge in [0.15, 0.2) is 0 Å². The standard InChI is InChI=1S/C18H22N2O2S/c1-13-6-9-18-14(2)20(11-10-19(13)18)23(21,22)17-8-7-15-4-3-5-16(15)12-17/h6-9,12,14H,3-5,10-11H2,1-2H3/t14-/m0/s1. The molecule has 23 heavy (non-hydrogen) atoms. The first-order valence-corrected chi connectivity index (χ1v) is 9.72. The van der Waals surface area contributed by atoms with Gasteiger partial charge in [0.1, 0.15) is 0 Å². The number of nitrogens with zero attached hydrogens (tertiary/aromatic N) is 2. The molecule has 0 radical (unpaired) electrons. The molecule has 0 saturated heterocycles. The van der Waals surface area contributed by atoms with Crippen LogP contribution in [0, 0.1) is 6.92 Å². The van der Waals surface area contributed by atoms with Gasteiger partial charge in [-0.15, -0.1) is 0 Å². The second-order valence-electron chi connectivity index (χ2n) is 6.63. The molecule has 1 aliphatic carbocycles. The summed E-state index contributed by atoms with van der Waals surface area (Å²) >= 11 is 0. The summed E-state index contributed by atoms with van der Waals surface area (Å²) in [6.07, 6.45) is 3.20. The Morgan fingerprint density at radius 3 is 2.65 bits per heavy atom. The largest absolute Gasteiger partial charge is 0.346 e. The highest BCUT2D eigenvalue weighted by atomic mass is 32.2. The number of aromatic nitrogens is 1. The normalized spacial score (nSPS) is 21.2. The van der Waals surface area contributed by atoms with E-state index in [9.17, 15) is 8.42 Å². The molecule has 0 unspecified atom stereocenters. The van der Waals surface area contributed by atoms with E-state index in [1.54, 1.807) is 10.4 Å². The molecule has 0 N–H and O–H groups in total. The Balaban J connectivity index is 1.72. The number of hydrogen-bond acceptors (Lipinski definition) is 2. The Bertz CT molecular complexity index is 867. The first-order chi connectivity index (χ1) is 11.0. The van der Waals surface area contributed by atoms with E-state index in [1.165, 1.54) is 16.8 Å².